The Morgan fingerprint density at radius 3 is 2.71 bits per heavy atom. The highest BCUT2D eigenvalue weighted by Gasteiger charge is 2.20. The molecular weight excluding hydrogens is 385 g/mol. The SMILES string of the molecule is O=C(Nc1cccnc1Br)c1cc(Cl)c(Cl)c([N+](=O)[O-])c1. The van der Waals surface area contributed by atoms with Crippen LogP contribution in [-0.2, 0) is 0 Å². The fraction of sp³-hybridized carbons (Fsp3) is 0. The maximum Gasteiger partial charge on any atom is 0.290 e. The van der Waals surface area contributed by atoms with Gasteiger partial charge < -0.3 is 5.32 Å². The number of hydrogen-bond acceptors (Lipinski definition) is 4. The molecule has 0 saturated carbocycles. The van der Waals surface area contributed by atoms with Crippen molar-refractivity contribution in [3.8, 4) is 0 Å². The van der Waals surface area contributed by atoms with Gasteiger partial charge in [-0.2, -0.15) is 0 Å². The molecule has 0 fully saturated rings. The molecule has 0 saturated heterocycles. The van der Waals surface area contributed by atoms with Crippen LogP contribution in [0.25, 0.3) is 0 Å². The van der Waals surface area contributed by atoms with Crippen LogP contribution in [0.4, 0.5) is 11.4 Å². The molecule has 1 heterocycles. The Kier molecular flexibility index (Phi) is 4.76. The van der Waals surface area contributed by atoms with E-state index in [0.717, 1.165) is 6.07 Å². The van der Waals surface area contributed by atoms with E-state index in [2.05, 4.69) is 26.2 Å². The monoisotopic (exact) mass is 389 g/mol. The van der Waals surface area contributed by atoms with Crippen molar-refractivity contribution in [1.82, 2.24) is 4.98 Å². The minimum atomic E-state index is -0.703. The molecule has 1 aromatic heterocycles. The lowest BCUT2D eigenvalue weighted by atomic mass is 10.2. The van der Waals surface area contributed by atoms with Crippen molar-refractivity contribution in [2.24, 2.45) is 0 Å². The van der Waals surface area contributed by atoms with E-state index in [-0.39, 0.29) is 15.6 Å². The molecule has 108 valence electrons. The van der Waals surface area contributed by atoms with E-state index in [4.69, 9.17) is 23.2 Å². The fourth-order valence-electron chi connectivity index (χ4n) is 1.51. The van der Waals surface area contributed by atoms with Gasteiger partial charge in [-0.1, -0.05) is 23.2 Å². The van der Waals surface area contributed by atoms with Gasteiger partial charge in [0.05, 0.1) is 15.6 Å². The van der Waals surface area contributed by atoms with Crippen LogP contribution < -0.4 is 5.32 Å². The van der Waals surface area contributed by atoms with E-state index in [0.29, 0.717) is 10.3 Å². The zero-order chi connectivity index (χ0) is 15.6. The smallest absolute Gasteiger partial charge is 0.290 e. The quantitative estimate of drug-likeness (QED) is 0.480. The number of nitrogens with one attached hydrogen (secondary N) is 1. The minimum Gasteiger partial charge on any atom is -0.320 e. The van der Waals surface area contributed by atoms with Gasteiger partial charge in [-0.3, -0.25) is 14.9 Å². The summed E-state index contributed by atoms with van der Waals surface area (Å²) in [6.45, 7) is 0. The number of rotatable bonds is 3. The largest absolute Gasteiger partial charge is 0.320 e. The normalized spacial score (nSPS) is 10.2. The van der Waals surface area contributed by atoms with Crippen LogP contribution in [0.2, 0.25) is 10.0 Å². The predicted molar refractivity (Wildman–Crippen MR) is 83.0 cm³/mol. The highest BCUT2D eigenvalue weighted by Crippen LogP contribution is 2.33. The molecular formula is C12H6BrCl2N3O3. The summed E-state index contributed by atoms with van der Waals surface area (Å²) in [5.41, 5.74) is 0.0163. The third kappa shape index (κ3) is 3.49. The van der Waals surface area contributed by atoms with Crippen molar-refractivity contribution in [2.45, 2.75) is 0 Å². The molecule has 2 aromatic rings. The summed E-state index contributed by atoms with van der Waals surface area (Å²) < 4.78 is 0.438. The third-order valence-corrected chi connectivity index (χ3v) is 3.90. The van der Waals surface area contributed by atoms with Crippen molar-refractivity contribution in [3.05, 3.63) is 60.8 Å². The van der Waals surface area contributed by atoms with Gasteiger partial charge in [-0.15, -0.1) is 0 Å². The standard InChI is InChI=1S/C12H6BrCl2N3O3/c13-11-8(2-1-3-16-11)17-12(19)6-4-7(14)10(15)9(5-6)18(20)21/h1-5H,(H,17,19). The number of nitro groups is 1. The van der Waals surface area contributed by atoms with Crippen molar-refractivity contribution in [1.29, 1.82) is 0 Å². The average Bonchev–Trinajstić information content (AvgIpc) is 2.43. The highest BCUT2D eigenvalue weighted by molar-refractivity contribution is 9.10. The van der Waals surface area contributed by atoms with Gasteiger partial charge in [0.2, 0.25) is 0 Å². The first-order valence-corrected chi connectivity index (χ1v) is 7.00. The first-order chi connectivity index (χ1) is 9.90. The van der Waals surface area contributed by atoms with E-state index in [1.807, 2.05) is 0 Å². The molecule has 9 heteroatoms. The topological polar surface area (TPSA) is 85.1 Å². The second kappa shape index (κ2) is 6.38. The number of amides is 1. The summed E-state index contributed by atoms with van der Waals surface area (Å²) in [6, 6.07) is 5.59. The molecule has 6 nitrogen and oxygen atoms in total. The van der Waals surface area contributed by atoms with Crippen molar-refractivity contribution >= 4 is 56.4 Å². The molecule has 1 aromatic carbocycles. The van der Waals surface area contributed by atoms with Crippen molar-refractivity contribution in [2.75, 3.05) is 5.32 Å². The Morgan fingerprint density at radius 1 is 1.38 bits per heavy atom. The molecule has 1 amide bonds. The number of carbonyl (C=O) groups excluding carboxylic acids is 1. The van der Waals surface area contributed by atoms with Gasteiger partial charge in [-0.05, 0) is 34.1 Å². The van der Waals surface area contributed by atoms with Crippen molar-refractivity contribution in [3.63, 3.8) is 0 Å². The van der Waals surface area contributed by atoms with Gasteiger partial charge in [0.1, 0.15) is 9.63 Å². The van der Waals surface area contributed by atoms with Gasteiger partial charge in [-0.25, -0.2) is 4.98 Å². The number of nitrogens with zero attached hydrogens (tertiary/aromatic N) is 2. The Hall–Kier alpha value is -1.70. The van der Waals surface area contributed by atoms with E-state index in [9.17, 15) is 14.9 Å². The van der Waals surface area contributed by atoms with Crippen LogP contribution in [-0.4, -0.2) is 15.8 Å². The molecule has 1 N–H and O–H groups in total. The summed E-state index contributed by atoms with van der Waals surface area (Å²) in [6.07, 6.45) is 1.55. The van der Waals surface area contributed by atoms with E-state index < -0.39 is 16.5 Å². The first-order valence-electron chi connectivity index (χ1n) is 5.45. The number of nitro benzene ring substituents is 1. The van der Waals surface area contributed by atoms with Gasteiger partial charge in [0.25, 0.3) is 11.6 Å². The zero-order valence-corrected chi connectivity index (χ0v) is 13.2. The summed E-state index contributed by atoms with van der Waals surface area (Å²) in [5, 5.41) is 13.2. The highest BCUT2D eigenvalue weighted by atomic mass is 79.9. The molecule has 0 aliphatic heterocycles. The Balaban J connectivity index is 2.36. The minimum absolute atomic E-state index is 0.0202. The molecule has 21 heavy (non-hydrogen) atoms. The number of anilines is 1. The zero-order valence-electron chi connectivity index (χ0n) is 10.1. The summed E-state index contributed by atoms with van der Waals surface area (Å²) in [4.78, 5) is 26.2. The number of carbonyl (C=O) groups is 1. The average molecular weight is 391 g/mol. The second-order valence-corrected chi connectivity index (χ2v) is 5.38. The van der Waals surface area contributed by atoms with Gasteiger partial charge in [0.15, 0.2) is 0 Å². The number of halogens is 3. The summed E-state index contributed by atoms with van der Waals surface area (Å²) in [5.74, 6) is -0.564. The van der Waals surface area contributed by atoms with Crippen LogP contribution in [0, 0.1) is 10.1 Å². The molecule has 0 aliphatic carbocycles. The van der Waals surface area contributed by atoms with Crippen molar-refractivity contribution < 1.29 is 9.72 Å². The maximum atomic E-state index is 12.1. The second-order valence-electron chi connectivity index (χ2n) is 3.84. The molecule has 0 spiro atoms. The molecule has 0 aliphatic rings. The van der Waals surface area contributed by atoms with Crippen LogP contribution in [0.5, 0.6) is 0 Å². The molecule has 0 unspecified atom stereocenters. The molecule has 0 bridgehead atoms. The van der Waals surface area contributed by atoms with Gasteiger partial charge in [0, 0.05) is 17.8 Å². The Morgan fingerprint density at radius 2 is 2.10 bits per heavy atom. The lowest BCUT2D eigenvalue weighted by molar-refractivity contribution is -0.384. The predicted octanol–water partition coefficient (Wildman–Crippen LogP) is 4.31. The summed E-state index contributed by atoms with van der Waals surface area (Å²) >= 11 is 14.7. The van der Waals surface area contributed by atoms with Crippen LogP contribution in [0.15, 0.2) is 35.1 Å². The maximum absolute atomic E-state index is 12.1. The lowest BCUT2D eigenvalue weighted by Crippen LogP contribution is -2.13. The third-order valence-electron chi connectivity index (χ3n) is 2.48. The molecule has 0 radical (unpaired) electrons. The van der Waals surface area contributed by atoms with E-state index in [1.54, 1.807) is 18.3 Å². The number of pyridine rings is 1. The van der Waals surface area contributed by atoms with Crippen LogP contribution in [0.3, 0.4) is 0 Å². The lowest BCUT2D eigenvalue weighted by Gasteiger charge is -2.07. The molecule has 0 atom stereocenters. The Labute approximate surface area is 137 Å². The van der Waals surface area contributed by atoms with Gasteiger partial charge >= 0.3 is 0 Å². The first kappa shape index (κ1) is 15.7. The molecule has 2 rings (SSSR count). The van der Waals surface area contributed by atoms with E-state index >= 15 is 0 Å². The number of hydrogen-bond donors (Lipinski definition) is 1. The number of benzene rings is 1. The fourth-order valence-corrected chi connectivity index (χ4v) is 2.25. The van der Waals surface area contributed by atoms with Crippen LogP contribution >= 0.6 is 39.1 Å². The Bertz CT molecular complexity index is 740. The number of aromatic nitrogens is 1. The van der Waals surface area contributed by atoms with E-state index in [1.165, 1.54) is 6.07 Å². The summed E-state index contributed by atoms with van der Waals surface area (Å²) in [7, 11) is 0. The van der Waals surface area contributed by atoms with Crippen LogP contribution in [0.1, 0.15) is 10.4 Å².